The Morgan fingerprint density at radius 3 is 2.57 bits per heavy atom. The van der Waals surface area contributed by atoms with Crippen LogP contribution in [-0.4, -0.2) is 31.5 Å². The van der Waals surface area contributed by atoms with Crippen LogP contribution in [-0.2, 0) is 6.18 Å². The number of fused-ring (bicyclic) bond motifs is 2. The van der Waals surface area contributed by atoms with E-state index in [4.69, 9.17) is 0 Å². The molecule has 0 unspecified atom stereocenters. The maximum absolute atomic E-state index is 14.1. The number of halogens is 4. The van der Waals surface area contributed by atoms with Crippen LogP contribution in [0.25, 0.3) is 16.4 Å². The number of imidazole rings is 1. The molecule has 6 rings (SSSR count). The van der Waals surface area contributed by atoms with E-state index in [0.29, 0.717) is 17.6 Å². The Labute approximate surface area is 195 Å². The molecule has 2 fully saturated rings. The van der Waals surface area contributed by atoms with Gasteiger partial charge < -0.3 is 5.32 Å². The van der Waals surface area contributed by atoms with Gasteiger partial charge >= 0.3 is 6.18 Å². The van der Waals surface area contributed by atoms with Gasteiger partial charge in [0, 0.05) is 23.5 Å². The van der Waals surface area contributed by atoms with Gasteiger partial charge in [-0.25, -0.2) is 14.5 Å². The average Bonchev–Trinajstić information content (AvgIpc) is 3.20. The van der Waals surface area contributed by atoms with E-state index in [1.807, 2.05) is 18.2 Å². The molecule has 7 nitrogen and oxygen atoms in total. The normalized spacial score (nSPS) is 23.9. The number of aromatic amines is 1. The summed E-state index contributed by atoms with van der Waals surface area (Å²) in [5.74, 6) is -1.54. The van der Waals surface area contributed by atoms with E-state index in [1.165, 1.54) is 0 Å². The predicted molar refractivity (Wildman–Crippen MR) is 117 cm³/mol. The zero-order chi connectivity index (χ0) is 24.5. The summed E-state index contributed by atoms with van der Waals surface area (Å²) in [5.41, 5.74) is -0.972. The van der Waals surface area contributed by atoms with Gasteiger partial charge in [0.25, 0.3) is 11.5 Å². The van der Waals surface area contributed by atoms with Gasteiger partial charge in [0.1, 0.15) is 5.69 Å². The van der Waals surface area contributed by atoms with Gasteiger partial charge in [0.15, 0.2) is 11.5 Å². The molecule has 2 saturated carbocycles. The second-order valence-electron chi connectivity index (χ2n) is 9.58. The Morgan fingerprint density at radius 2 is 1.86 bits per heavy atom. The number of benzene rings is 1. The minimum Gasteiger partial charge on any atom is -0.348 e. The minimum atomic E-state index is -4.75. The Kier molecular flexibility index (Phi) is 4.58. The first-order chi connectivity index (χ1) is 16.6. The van der Waals surface area contributed by atoms with E-state index in [0.717, 1.165) is 47.4 Å². The summed E-state index contributed by atoms with van der Waals surface area (Å²) >= 11 is 0. The van der Waals surface area contributed by atoms with Crippen LogP contribution in [0.3, 0.4) is 0 Å². The fourth-order valence-corrected chi connectivity index (χ4v) is 5.68. The summed E-state index contributed by atoms with van der Waals surface area (Å²) in [6.45, 7) is 0. The molecule has 1 amide bonds. The van der Waals surface area contributed by atoms with Crippen LogP contribution in [0.2, 0.25) is 0 Å². The van der Waals surface area contributed by atoms with Gasteiger partial charge in [0.05, 0.1) is 22.8 Å². The molecule has 1 aromatic carbocycles. The van der Waals surface area contributed by atoms with Gasteiger partial charge in [-0.2, -0.15) is 18.3 Å². The Hall–Kier alpha value is -3.76. The monoisotopic (exact) mass is 485 g/mol. The number of pyridine rings is 1. The smallest absolute Gasteiger partial charge is 0.348 e. The SMILES string of the molecule is O=C(N[C@H]1CC2(C1)C[C@H](c1n[nH]c(=O)c3ccccc31)C2)c1cnc2c(F)cc(C(F)(F)F)cn12. The summed E-state index contributed by atoms with van der Waals surface area (Å²) in [4.78, 5) is 28.6. The zero-order valence-corrected chi connectivity index (χ0v) is 18.2. The number of alkyl halides is 3. The van der Waals surface area contributed by atoms with Gasteiger partial charge in [0.2, 0.25) is 0 Å². The number of hydrogen-bond donors (Lipinski definition) is 2. The molecule has 35 heavy (non-hydrogen) atoms. The third-order valence-corrected chi connectivity index (χ3v) is 7.29. The quantitative estimate of drug-likeness (QED) is 0.426. The Morgan fingerprint density at radius 1 is 1.14 bits per heavy atom. The highest BCUT2D eigenvalue weighted by Gasteiger charge is 2.54. The van der Waals surface area contributed by atoms with E-state index in [-0.39, 0.29) is 34.3 Å². The Bertz CT molecular complexity index is 1540. The summed E-state index contributed by atoms with van der Waals surface area (Å²) in [7, 11) is 0. The molecule has 0 saturated heterocycles. The van der Waals surface area contributed by atoms with Crippen molar-refractivity contribution in [3.63, 3.8) is 0 Å². The largest absolute Gasteiger partial charge is 0.417 e. The number of nitrogens with one attached hydrogen (secondary N) is 2. The maximum atomic E-state index is 14.1. The lowest BCUT2D eigenvalue weighted by Gasteiger charge is -2.57. The molecule has 0 radical (unpaired) electrons. The first-order valence-electron chi connectivity index (χ1n) is 11.2. The molecule has 1 spiro atoms. The number of H-pyrrole nitrogens is 1. The fourth-order valence-electron chi connectivity index (χ4n) is 5.68. The van der Waals surface area contributed by atoms with Crippen LogP contribution >= 0.6 is 0 Å². The van der Waals surface area contributed by atoms with Crippen molar-refractivity contribution >= 4 is 22.3 Å². The molecule has 2 aliphatic rings. The number of nitrogens with zero attached hydrogens (tertiary/aromatic N) is 3. The van der Waals surface area contributed by atoms with Crippen molar-refractivity contribution in [2.75, 3.05) is 0 Å². The van der Waals surface area contributed by atoms with Crippen LogP contribution in [0.1, 0.15) is 53.3 Å². The molecule has 3 aromatic heterocycles. The van der Waals surface area contributed by atoms with E-state index < -0.39 is 23.5 Å². The van der Waals surface area contributed by atoms with Crippen molar-refractivity contribution < 1.29 is 22.4 Å². The summed E-state index contributed by atoms with van der Waals surface area (Å²) in [6.07, 6.45) is 0.219. The topological polar surface area (TPSA) is 92.1 Å². The molecule has 0 aliphatic heterocycles. The first kappa shape index (κ1) is 21.8. The molecular weight excluding hydrogens is 466 g/mol. The van der Waals surface area contributed by atoms with Crippen molar-refractivity contribution in [2.24, 2.45) is 5.41 Å². The van der Waals surface area contributed by atoms with Crippen molar-refractivity contribution in [1.29, 1.82) is 0 Å². The standard InChI is InChI=1S/C24H19F4N5O2/c25-17-5-13(24(26,27)28)11-33-18(10-29-20(17)33)22(35)30-14-8-23(9-14)6-12(7-23)19-15-3-1-2-4-16(15)21(34)32-31-19/h1-5,10-12,14H,6-9H2,(H,30,35)(H,32,34)/t12-,14-,23?. The summed E-state index contributed by atoms with van der Waals surface area (Å²) in [5, 5.41) is 11.1. The number of amides is 1. The minimum absolute atomic E-state index is 0.0660. The predicted octanol–water partition coefficient (Wildman–Crippen LogP) is 4.18. The number of hydrogen-bond acceptors (Lipinski definition) is 4. The van der Waals surface area contributed by atoms with Gasteiger partial charge in [-0.1, -0.05) is 18.2 Å². The van der Waals surface area contributed by atoms with Gasteiger partial charge in [-0.15, -0.1) is 0 Å². The van der Waals surface area contributed by atoms with E-state index in [9.17, 15) is 27.2 Å². The van der Waals surface area contributed by atoms with Gasteiger partial charge in [-0.05, 0) is 43.2 Å². The molecule has 0 atom stereocenters. The van der Waals surface area contributed by atoms with Crippen molar-refractivity contribution in [1.82, 2.24) is 24.9 Å². The van der Waals surface area contributed by atoms with Crippen LogP contribution < -0.4 is 10.9 Å². The molecule has 180 valence electrons. The van der Waals surface area contributed by atoms with Crippen molar-refractivity contribution in [2.45, 2.75) is 43.8 Å². The van der Waals surface area contributed by atoms with E-state index in [1.54, 1.807) is 6.07 Å². The third-order valence-electron chi connectivity index (χ3n) is 7.29. The molecule has 0 bridgehead atoms. The lowest BCUT2D eigenvalue weighted by atomic mass is 9.49. The van der Waals surface area contributed by atoms with Crippen LogP contribution in [0, 0.1) is 11.2 Å². The fraction of sp³-hybridized carbons (Fsp3) is 0.333. The number of carbonyl (C=O) groups excluding carboxylic acids is 1. The maximum Gasteiger partial charge on any atom is 0.417 e. The highest BCUT2D eigenvalue weighted by molar-refractivity contribution is 5.93. The average molecular weight is 485 g/mol. The van der Waals surface area contributed by atoms with E-state index >= 15 is 0 Å². The summed E-state index contributed by atoms with van der Waals surface area (Å²) in [6, 6.07) is 7.58. The van der Waals surface area contributed by atoms with E-state index in [2.05, 4.69) is 20.5 Å². The molecule has 4 aromatic rings. The van der Waals surface area contributed by atoms with Crippen LogP contribution in [0.5, 0.6) is 0 Å². The second kappa shape index (κ2) is 7.37. The lowest BCUT2D eigenvalue weighted by Crippen LogP contribution is -2.55. The highest BCUT2D eigenvalue weighted by Crippen LogP contribution is 2.62. The molecule has 2 N–H and O–H groups in total. The molecular formula is C24H19F4N5O2. The number of rotatable bonds is 3. The molecule has 11 heteroatoms. The molecule has 2 aliphatic carbocycles. The first-order valence-corrected chi connectivity index (χ1v) is 11.2. The number of aromatic nitrogens is 4. The zero-order valence-electron chi connectivity index (χ0n) is 18.2. The molecule has 3 heterocycles. The third kappa shape index (κ3) is 3.48. The highest BCUT2D eigenvalue weighted by atomic mass is 19.4. The van der Waals surface area contributed by atoms with Crippen LogP contribution in [0.4, 0.5) is 17.6 Å². The van der Waals surface area contributed by atoms with Crippen molar-refractivity contribution in [3.8, 4) is 0 Å². The van der Waals surface area contributed by atoms with Crippen LogP contribution in [0.15, 0.2) is 47.5 Å². The van der Waals surface area contributed by atoms with Crippen molar-refractivity contribution in [3.05, 3.63) is 75.8 Å². The van der Waals surface area contributed by atoms with Gasteiger partial charge in [-0.3, -0.25) is 14.0 Å². The lowest BCUT2D eigenvalue weighted by molar-refractivity contribution is -0.138. The summed E-state index contributed by atoms with van der Waals surface area (Å²) < 4.78 is 54.2. The number of carbonyl (C=O) groups is 1. The second-order valence-corrected chi connectivity index (χ2v) is 9.58. The Balaban J connectivity index is 1.14.